The fourth-order valence-corrected chi connectivity index (χ4v) is 2.27. The molecule has 0 aliphatic carbocycles. The molecule has 1 rings (SSSR count). The van der Waals surface area contributed by atoms with Crippen LogP contribution in [0.1, 0.15) is 64.7 Å². The van der Waals surface area contributed by atoms with E-state index in [1.165, 1.54) is 64.3 Å². The summed E-state index contributed by atoms with van der Waals surface area (Å²) < 4.78 is 5.85. The van der Waals surface area contributed by atoms with Crippen LogP contribution in [0.25, 0.3) is 0 Å². The topological polar surface area (TPSA) is 21.3 Å². The quantitative estimate of drug-likeness (QED) is 0.609. The zero-order chi connectivity index (χ0) is 11.5. The summed E-state index contributed by atoms with van der Waals surface area (Å²) in [6.45, 7) is 5.49. The average Bonchev–Trinajstić information content (AvgIpc) is 2.34. The van der Waals surface area contributed by atoms with Gasteiger partial charge >= 0.3 is 0 Å². The summed E-state index contributed by atoms with van der Waals surface area (Å²) >= 11 is 0. The first-order chi connectivity index (χ1) is 7.93. The first-order valence-corrected chi connectivity index (χ1v) is 7.26. The van der Waals surface area contributed by atoms with E-state index in [-0.39, 0.29) is 0 Å². The zero-order valence-electron chi connectivity index (χ0n) is 11.0. The van der Waals surface area contributed by atoms with Crippen LogP contribution in [0.4, 0.5) is 0 Å². The van der Waals surface area contributed by atoms with Crippen molar-refractivity contribution in [2.24, 2.45) is 0 Å². The van der Waals surface area contributed by atoms with E-state index >= 15 is 0 Å². The Labute approximate surface area is 101 Å². The molecule has 0 bridgehead atoms. The molecule has 2 heteroatoms. The van der Waals surface area contributed by atoms with Crippen molar-refractivity contribution < 1.29 is 4.74 Å². The lowest BCUT2D eigenvalue weighted by Gasteiger charge is -2.22. The van der Waals surface area contributed by atoms with E-state index in [1.807, 2.05) is 0 Å². The lowest BCUT2D eigenvalue weighted by molar-refractivity contribution is 0.0347. The minimum atomic E-state index is 0.494. The van der Waals surface area contributed by atoms with Gasteiger partial charge in [-0.3, -0.25) is 0 Å². The molecule has 1 heterocycles. The van der Waals surface area contributed by atoms with Crippen LogP contribution in [-0.2, 0) is 4.74 Å². The third-order valence-corrected chi connectivity index (χ3v) is 3.35. The highest BCUT2D eigenvalue weighted by atomic mass is 16.5. The van der Waals surface area contributed by atoms with Gasteiger partial charge < -0.3 is 10.1 Å². The predicted molar refractivity (Wildman–Crippen MR) is 69.8 cm³/mol. The van der Waals surface area contributed by atoms with Crippen molar-refractivity contribution in [1.82, 2.24) is 5.32 Å². The van der Waals surface area contributed by atoms with Crippen molar-refractivity contribution in [1.29, 1.82) is 0 Å². The van der Waals surface area contributed by atoms with Crippen molar-refractivity contribution in [2.45, 2.75) is 70.8 Å². The maximum Gasteiger partial charge on any atom is 0.0699 e. The molecule has 0 radical (unpaired) electrons. The Balaban J connectivity index is 1.77. The summed E-state index contributed by atoms with van der Waals surface area (Å²) in [6.07, 6.45) is 12.6. The monoisotopic (exact) mass is 227 g/mol. The molecular weight excluding hydrogens is 198 g/mol. The molecule has 2 nitrogen and oxygen atoms in total. The van der Waals surface area contributed by atoms with Gasteiger partial charge in [-0.1, -0.05) is 45.4 Å². The smallest absolute Gasteiger partial charge is 0.0699 e. The third-order valence-electron chi connectivity index (χ3n) is 3.35. The minimum absolute atomic E-state index is 0.494. The van der Waals surface area contributed by atoms with Gasteiger partial charge in [0.05, 0.1) is 6.10 Å². The van der Waals surface area contributed by atoms with Crippen molar-refractivity contribution in [2.75, 3.05) is 19.7 Å². The Morgan fingerprint density at radius 2 is 1.81 bits per heavy atom. The second kappa shape index (κ2) is 10.1. The second-order valence-electron chi connectivity index (χ2n) is 4.96. The molecule has 0 aromatic carbocycles. The SMILES string of the molecule is CCCCCCCCCOC1CCCNC1. The van der Waals surface area contributed by atoms with Gasteiger partial charge in [-0.25, -0.2) is 0 Å². The van der Waals surface area contributed by atoms with Crippen LogP contribution in [0.5, 0.6) is 0 Å². The van der Waals surface area contributed by atoms with Crippen LogP contribution < -0.4 is 5.32 Å². The predicted octanol–water partition coefficient (Wildman–Crippen LogP) is 3.51. The number of hydrogen-bond donors (Lipinski definition) is 1. The lowest BCUT2D eigenvalue weighted by atomic mass is 10.1. The Morgan fingerprint density at radius 1 is 1.06 bits per heavy atom. The van der Waals surface area contributed by atoms with E-state index in [1.54, 1.807) is 0 Å². The molecule has 96 valence electrons. The summed E-state index contributed by atoms with van der Waals surface area (Å²) in [4.78, 5) is 0. The second-order valence-corrected chi connectivity index (χ2v) is 4.96. The van der Waals surface area contributed by atoms with E-state index in [0.717, 1.165) is 13.2 Å². The van der Waals surface area contributed by atoms with Crippen LogP contribution in [0, 0.1) is 0 Å². The van der Waals surface area contributed by atoms with Crippen molar-refractivity contribution in [3.8, 4) is 0 Å². The van der Waals surface area contributed by atoms with Gasteiger partial charge in [-0.05, 0) is 25.8 Å². The molecule has 0 aromatic rings. The molecule has 0 saturated carbocycles. The summed E-state index contributed by atoms with van der Waals surface area (Å²) in [7, 11) is 0. The highest BCUT2D eigenvalue weighted by molar-refractivity contribution is 4.68. The van der Waals surface area contributed by atoms with E-state index in [9.17, 15) is 0 Å². The lowest BCUT2D eigenvalue weighted by Crippen LogP contribution is -2.35. The molecule has 1 aliphatic heterocycles. The third kappa shape index (κ3) is 7.24. The van der Waals surface area contributed by atoms with Gasteiger partial charge in [0.25, 0.3) is 0 Å². The average molecular weight is 227 g/mol. The van der Waals surface area contributed by atoms with E-state index < -0.39 is 0 Å². The summed E-state index contributed by atoms with van der Waals surface area (Å²) in [5, 5.41) is 3.39. The first-order valence-electron chi connectivity index (χ1n) is 7.26. The van der Waals surface area contributed by atoms with Crippen LogP contribution in [0.3, 0.4) is 0 Å². The van der Waals surface area contributed by atoms with Crippen LogP contribution in [0.15, 0.2) is 0 Å². The largest absolute Gasteiger partial charge is 0.377 e. The first kappa shape index (κ1) is 14.0. The number of ether oxygens (including phenoxy) is 1. The number of piperidine rings is 1. The molecule has 0 aromatic heterocycles. The normalized spacial score (nSPS) is 21.2. The highest BCUT2D eigenvalue weighted by Crippen LogP contribution is 2.09. The summed E-state index contributed by atoms with van der Waals surface area (Å²) in [5.74, 6) is 0. The van der Waals surface area contributed by atoms with Crippen LogP contribution in [-0.4, -0.2) is 25.8 Å². The number of unbranched alkanes of at least 4 members (excludes halogenated alkanes) is 6. The Bertz CT molecular complexity index is 144. The number of nitrogens with one attached hydrogen (secondary N) is 1. The van der Waals surface area contributed by atoms with Gasteiger partial charge in [0.15, 0.2) is 0 Å². The fraction of sp³-hybridized carbons (Fsp3) is 1.00. The fourth-order valence-electron chi connectivity index (χ4n) is 2.27. The molecule has 1 atom stereocenters. The Morgan fingerprint density at radius 3 is 2.50 bits per heavy atom. The maximum atomic E-state index is 5.85. The van der Waals surface area contributed by atoms with E-state index in [2.05, 4.69) is 12.2 Å². The van der Waals surface area contributed by atoms with Crippen molar-refractivity contribution in [3.05, 3.63) is 0 Å². The Hall–Kier alpha value is -0.0800. The van der Waals surface area contributed by atoms with Gasteiger partial charge in [-0.2, -0.15) is 0 Å². The van der Waals surface area contributed by atoms with E-state index in [4.69, 9.17) is 4.74 Å². The summed E-state index contributed by atoms with van der Waals surface area (Å²) in [6, 6.07) is 0. The van der Waals surface area contributed by atoms with Crippen molar-refractivity contribution in [3.63, 3.8) is 0 Å². The zero-order valence-corrected chi connectivity index (χ0v) is 11.0. The molecule has 1 fully saturated rings. The minimum Gasteiger partial charge on any atom is -0.377 e. The Kier molecular flexibility index (Phi) is 8.83. The van der Waals surface area contributed by atoms with E-state index in [0.29, 0.717) is 6.10 Å². The van der Waals surface area contributed by atoms with Gasteiger partial charge in [0.1, 0.15) is 0 Å². The molecule has 1 saturated heterocycles. The van der Waals surface area contributed by atoms with Gasteiger partial charge in [0, 0.05) is 13.2 Å². The molecule has 0 amide bonds. The summed E-state index contributed by atoms with van der Waals surface area (Å²) in [5.41, 5.74) is 0. The molecule has 1 unspecified atom stereocenters. The molecule has 0 spiro atoms. The number of rotatable bonds is 9. The molecular formula is C14H29NO. The number of hydrogen-bond acceptors (Lipinski definition) is 2. The van der Waals surface area contributed by atoms with Crippen LogP contribution >= 0.6 is 0 Å². The molecule has 1 N–H and O–H groups in total. The van der Waals surface area contributed by atoms with Gasteiger partial charge in [0.2, 0.25) is 0 Å². The van der Waals surface area contributed by atoms with Crippen LogP contribution in [0.2, 0.25) is 0 Å². The standard InChI is InChI=1S/C14H29NO/c1-2-3-4-5-6-7-8-12-16-14-10-9-11-15-13-14/h14-15H,2-13H2,1H3. The highest BCUT2D eigenvalue weighted by Gasteiger charge is 2.12. The van der Waals surface area contributed by atoms with Gasteiger partial charge in [-0.15, -0.1) is 0 Å². The maximum absolute atomic E-state index is 5.85. The molecule has 16 heavy (non-hydrogen) atoms. The van der Waals surface area contributed by atoms with Crippen molar-refractivity contribution >= 4 is 0 Å². The molecule has 1 aliphatic rings.